The van der Waals surface area contributed by atoms with E-state index in [1.165, 1.54) is 0 Å². The number of anilines is 2. The summed E-state index contributed by atoms with van der Waals surface area (Å²) in [7, 11) is 0. The lowest BCUT2D eigenvalue weighted by Gasteiger charge is -2.09. The highest BCUT2D eigenvalue weighted by molar-refractivity contribution is 5.93. The Morgan fingerprint density at radius 3 is 2.58 bits per heavy atom. The number of hydrogen-bond acceptors (Lipinski definition) is 3. The highest BCUT2D eigenvalue weighted by atomic mass is 19.4. The first kappa shape index (κ1) is 15.3. The molecule has 19 heavy (non-hydrogen) atoms. The van der Waals surface area contributed by atoms with Gasteiger partial charge in [0.1, 0.15) is 0 Å². The van der Waals surface area contributed by atoms with E-state index in [1.54, 1.807) is 24.3 Å². The Morgan fingerprint density at radius 2 is 1.95 bits per heavy atom. The van der Waals surface area contributed by atoms with E-state index in [1.807, 2.05) is 0 Å². The number of benzene rings is 1. The number of hydrogen-bond donors (Lipinski definition) is 2. The van der Waals surface area contributed by atoms with Gasteiger partial charge in [-0.1, -0.05) is 12.1 Å². The SMILES string of the molecule is Nc1ccccc1NC(=O)CCOCCC(F)(F)F. The highest BCUT2D eigenvalue weighted by Gasteiger charge is 2.26. The molecule has 1 aromatic rings. The van der Waals surface area contributed by atoms with Crippen molar-refractivity contribution in [2.24, 2.45) is 0 Å². The van der Waals surface area contributed by atoms with Crippen LogP contribution in [0.5, 0.6) is 0 Å². The van der Waals surface area contributed by atoms with E-state index < -0.39 is 19.2 Å². The summed E-state index contributed by atoms with van der Waals surface area (Å²) in [6.45, 7) is -0.501. The molecule has 0 saturated carbocycles. The van der Waals surface area contributed by atoms with Crippen molar-refractivity contribution in [3.05, 3.63) is 24.3 Å². The summed E-state index contributed by atoms with van der Waals surface area (Å²) in [6, 6.07) is 6.71. The van der Waals surface area contributed by atoms with Crippen molar-refractivity contribution in [2.75, 3.05) is 24.3 Å². The van der Waals surface area contributed by atoms with E-state index in [2.05, 4.69) is 5.32 Å². The van der Waals surface area contributed by atoms with Crippen LogP contribution in [0.4, 0.5) is 24.5 Å². The molecule has 0 fully saturated rings. The lowest BCUT2D eigenvalue weighted by molar-refractivity contribution is -0.145. The summed E-state index contributed by atoms with van der Waals surface area (Å²) >= 11 is 0. The Kier molecular flexibility index (Phi) is 5.62. The average molecular weight is 276 g/mol. The average Bonchev–Trinajstić information content (AvgIpc) is 2.30. The van der Waals surface area contributed by atoms with Gasteiger partial charge in [-0.3, -0.25) is 4.79 Å². The molecule has 0 bridgehead atoms. The Labute approximate surface area is 108 Å². The van der Waals surface area contributed by atoms with Gasteiger partial charge in [-0.2, -0.15) is 13.2 Å². The van der Waals surface area contributed by atoms with Gasteiger partial charge >= 0.3 is 6.18 Å². The van der Waals surface area contributed by atoms with Crippen molar-refractivity contribution in [1.29, 1.82) is 0 Å². The normalized spacial score (nSPS) is 11.3. The van der Waals surface area contributed by atoms with E-state index in [9.17, 15) is 18.0 Å². The van der Waals surface area contributed by atoms with Gasteiger partial charge in [0.15, 0.2) is 0 Å². The molecule has 106 valence electrons. The third-order valence-corrected chi connectivity index (χ3v) is 2.24. The number of rotatable bonds is 6. The molecule has 0 radical (unpaired) electrons. The van der Waals surface area contributed by atoms with Gasteiger partial charge in [0, 0.05) is 0 Å². The van der Waals surface area contributed by atoms with Crippen LogP contribution in [0.2, 0.25) is 0 Å². The fraction of sp³-hybridized carbons (Fsp3) is 0.417. The van der Waals surface area contributed by atoms with Crippen LogP contribution in [0.1, 0.15) is 12.8 Å². The van der Waals surface area contributed by atoms with Gasteiger partial charge in [0.25, 0.3) is 0 Å². The quantitative estimate of drug-likeness (QED) is 0.620. The van der Waals surface area contributed by atoms with Crippen LogP contribution in [0.15, 0.2) is 24.3 Å². The van der Waals surface area contributed by atoms with E-state index in [-0.39, 0.29) is 18.9 Å². The van der Waals surface area contributed by atoms with Crippen molar-refractivity contribution in [2.45, 2.75) is 19.0 Å². The molecule has 0 heterocycles. The summed E-state index contributed by atoms with van der Waals surface area (Å²) in [4.78, 5) is 11.5. The molecule has 0 atom stereocenters. The summed E-state index contributed by atoms with van der Waals surface area (Å²) in [5, 5.41) is 2.55. The monoisotopic (exact) mass is 276 g/mol. The molecular weight excluding hydrogens is 261 g/mol. The zero-order valence-electron chi connectivity index (χ0n) is 10.2. The number of nitrogens with one attached hydrogen (secondary N) is 1. The van der Waals surface area contributed by atoms with E-state index >= 15 is 0 Å². The fourth-order valence-electron chi connectivity index (χ4n) is 1.28. The lowest BCUT2D eigenvalue weighted by atomic mass is 10.2. The van der Waals surface area contributed by atoms with Crippen LogP contribution in [-0.2, 0) is 9.53 Å². The predicted molar refractivity (Wildman–Crippen MR) is 65.6 cm³/mol. The molecule has 4 nitrogen and oxygen atoms in total. The number of carbonyl (C=O) groups is 1. The van der Waals surface area contributed by atoms with Crippen LogP contribution in [0.25, 0.3) is 0 Å². The molecule has 3 N–H and O–H groups in total. The number of alkyl halides is 3. The van der Waals surface area contributed by atoms with Gasteiger partial charge in [-0.15, -0.1) is 0 Å². The van der Waals surface area contributed by atoms with Gasteiger partial charge in [-0.25, -0.2) is 0 Å². The van der Waals surface area contributed by atoms with Crippen molar-refractivity contribution >= 4 is 17.3 Å². The van der Waals surface area contributed by atoms with Gasteiger partial charge in [0.05, 0.1) is 37.4 Å². The Hall–Kier alpha value is -1.76. The molecule has 0 saturated heterocycles. The molecule has 0 aliphatic rings. The molecule has 0 aliphatic heterocycles. The third-order valence-electron chi connectivity index (χ3n) is 2.24. The van der Waals surface area contributed by atoms with Crippen molar-refractivity contribution in [1.82, 2.24) is 0 Å². The second-order valence-electron chi connectivity index (χ2n) is 3.86. The second-order valence-corrected chi connectivity index (χ2v) is 3.86. The van der Waals surface area contributed by atoms with Crippen LogP contribution in [0, 0.1) is 0 Å². The van der Waals surface area contributed by atoms with Gasteiger partial charge < -0.3 is 15.8 Å². The Bertz CT molecular complexity index is 422. The van der Waals surface area contributed by atoms with Gasteiger partial charge in [-0.05, 0) is 12.1 Å². The van der Waals surface area contributed by atoms with E-state index in [0.717, 1.165) is 0 Å². The molecule has 0 aromatic heterocycles. The third kappa shape index (κ3) is 6.66. The predicted octanol–water partition coefficient (Wildman–Crippen LogP) is 2.57. The van der Waals surface area contributed by atoms with Crippen molar-refractivity contribution in [3.63, 3.8) is 0 Å². The van der Waals surface area contributed by atoms with E-state index in [4.69, 9.17) is 10.5 Å². The second kappa shape index (κ2) is 6.98. The van der Waals surface area contributed by atoms with Crippen LogP contribution in [0.3, 0.4) is 0 Å². The number of nitrogens with two attached hydrogens (primary N) is 1. The molecule has 1 rings (SSSR count). The molecule has 7 heteroatoms. The minimum atomic E-state index is -4.24. The molecular formula is C12H15F3N2O2. The summed E-state index contributed by atoms with van der Waals surface area (Å²) < 4.78 is 40.1. The highest BCUT2D eigenvalue weighted by Crippen LogP contribution is 2.19. The Morgan fingerprint density at radius 1 is 1.26 bits per heavy atom. The maximum atomic E-state index is 11.8. The summed E-state index contributed by atoms with van der Waals surface area (Å²) in [5.74, 6) is -0.357. The fourth-order valence-corrected chi connectivity index (χ4v) is 1.28. The maximum absolute atomic E-state index is 11.8. The molecule has 0 aliphatic carbocycles. The first-order valence-corrected chi connectivity index (χ1v) is 5.67. The minimum absolute atomic E-state index is 0.0216. The maximum Gasteiger partial charge on any atom is 0.391 e. The summed E-state index contributed by atoms with van der Waals surface area (Å²) in [5.41, 5.74) is 6.52. The topological polar surface area (TPSA) is 64.3 Å². The number of carbonyl (C=O) groups excluding carboxylic acids is 1. The zero-order valence-corrected chi connectivity index (χ0v) is 10.2. The number of ether oxygens (including phenoxy) is 1. The molecule has 1 amide bonds. The summed E-state index contributed by atoms with van der Waals surface area (Å²) in [6.07, 6.45) is -5.27. The van der Waals surface area contributed by atoms with Crippen molar-refractivity contribution in [3.8, 4) is 0 Å². The van der Waals surface area contributed by atoms with Crippen LogP contribution in [-0.4, -0.2) is 25.3 Å². The number of nitrogen functional groups attached to an aromatic ring is 1. The first-order valence-electron chi connectivity index (χ1n) is 5.67. The minimum Gasteiger partial charge on any atom is -0.397 e. The Balaban J connectivity index is 2.20. The van der Waals surface area contributed by atoms with Crippen molar-refractivity contribution < 1.29 is 22.7 Å². The standard InChI is InChI=1S/C12H15F3N2O2/c13-12(14,15)6-8-19-7-5-11(18)17-10-4-2-1-3-9(10)16/h1-4H,5-8,16H2,(H,17,18). The number of para-hydroxylation sites is 2. The molecule has 0 unspecified atom stereocenters. The largest absolute Gasteiger partial charge is 0.397 e. The smallest absolute Gasteiger partial charge is 0.391 e. The first-order chi connectivity index (χ1) is 8.88. The zero-order chi connectivity index (χ0) is 14.3. The van der Waals surface area contributed by atoms with E-state index in [0.29, 0.717) is 11.4 Å². The number of halogens is 3. The van der Waals surface area contributed by atoms with Gasteiger partial charge in [0.2, 0.25) is 5.91 Å². The van der Waals surface area contributed by atoms with Crippen LogP contribution >= 0.6 is 0 Å². The molecule has 0 spiro atoms. The van der Waals surface area contributed by atoms with Crippen LogP contribution < -0.4 is 11.1 Å². The number of amides is 1. The lowest BCUT2D eigenvalue weighted by Crippen LogP contribution is -2.17. The molecule has 1 aromatic carbocycles.